The fourth-order valence-corrected chi connectivity index (χ4v) is 3.13. The maximum absolute atomic E-state index is 12.7. The molecule has 0 aliphatic heterocycles. The predicted octanol–water partition coefficient (Wildman–Crippen LogP) is 3.51. The fourth-order valence-electron chi connectivity index (χ4n) is 3.13. The van der Waals surface area contributed by atoms with Gasteiger partial charge in [-0.3, -0.25) is 9.78 Å². The summed E-state index contributed by atoms with van der Waals surface area (Å²) in [5, 5.41) is 6.72. The summed E-state index contributed by atoms with van der Waals surface area (Å²) in [5.41, 5.74) is 8.92. The number of carbonyl (C=O) groups excluding carboxylic acids is 1. The molecule has 11 heteroatoms. The first-order chi connectivity index (χ1) is 15.2. The van der Waals surface area contributed by atoms with Gasteiger partial charge in [-0.25, -0.2) is 4.52 Å². The maximum atomic E-state index is 12.7. The molecular weight excluding hydrogens is 425 g/mol. The Kier molecular flexibility index (Phi) is 5.39. The Bertz CT molecular complexity index is 1300. The normalized spacial score (nSPS) is 11.5. The van der Waals surface area contributed by atoms with E-state index in [4.69, 9.17) is 5.73 Å². The van der Waals surface area contributed by atoms with Gasteiger partial charge in [0, 0.05) is 24.5 Å². The molecular formula is C21H17F3N6O2. The van der Waals surface area contributed by atoms with Crippen LogP contribution in [0.3, 0.4) is 0 Å². The van der Waals surface area contributed by atoms with Gasteiger partial charge in [0.05, 0.1) is 11.3 Å². The van der Waals surface area contributed by atoms with Crippen LogP contribution in [0.5, 0.6) is 5.75 Å². The Morgan fingerprint density at radius 2 is 2.00 bits per heavy atom. The quantitative estimate of drug-likeness (QED) is 0.490. The third-order valence-electron chi connectivity index (χ3n) is 4.60. The number of amides is 1. The summed E-state index contributed by atoms with van der Waals surface area (Å²) < 4.78 is 42.7. The van der Waals surface area contributed by atoms with E-state index < -0.39 is 12.3 Å². The first-order valence-electron chi connectivity index (χ1n) is 9.40. The highest BCUT2D eigenvalue weighted by Gasteiger charge is 2.31. The van der Waals surface area contributed by atoms with Gasteiger partial charge in [-0.15, -0.1) is 18.3 Å². The number of pyridine rings is 2. The molecule has 3 aromatic heterocycles. The van der Waals surface area contributed by atoms with Crippen LogP contribution in [-0.4, -0.2) is 31.9 Å². The molecule has 1 amide bonds. The molecule has 0 radical (unpaired) electrons. The molecule has 32 heavy (non-hydrogen) atoms. The lowest BCUT2D eigenvalue weighted by Crippen LogP contribution is -2.24. The number of hydrogen-bond donors (Lipinski definition) is 2. The molecule has 0 fully saturated rings. The van der Waals surface area contributed by atoms with Gasteiger partial charge in [0.1, 0.15) is 5.75 Å². The molecule has 0 saturated heterocycles. The summed E-state index contributed by atoms with van der Waals surface area (Å²) >= 11 is 0. The highest BCUT2D eigenvalue weighted by Crippen LogP contribution is 2.24. The number of anilines is 1. The van der Waals surface area contributed by atoms with Crippen LogP contribution >= 0.6 is 0 Å². The number of nitrogen functional groups attached to an aromatic ring is 1. The summed E-state index contributed by atoms with van der Waals surface area (Å²) in [5.74, 6) is -0.616. The lowest BCUT2D eigenvalue weighted by molar-refractivity contribution is -0.274. The van der Waals surface area contributed by atoms with E-state index in [0.717, 1.165) is 5.56 Å². The summed E-state index contributed by atoms with van der Waals surface area (Å²) in [4.78, 5) is 21.2. The van der Waals surface area contributed by atoms with Crippen molar-refractivity contribution in [3.8, 4) is 16.9 Å². The number of halogens is 3. The Hall–Kier alpha value is -4.15. The Morgan fingerprint density at radius 1 is 1.19 bits per heavy atom. The van der Waals surface area contributed by atoms with Gasteiger partial charge in [-0.1, -0.05) is 12.1 Å². The second-order valence-corrected chi connectivity index (χ2v) is 6.92. The standard InChI is InChI=1S/C21H17F3N6O2/c1-12-17(19(31)27-10-13-3-2-4-16(7-13)32-21(22,23)24)8-15(11-26-12)14-5-6-30-18(9-14)28-20(25)29-30/h2-9,11H,10H2,1H3,(H2,25,29)(H,27,31). The number of benzene rings is 1. The zero-order valence-electron chi connectivity index (χ0n) is 16.7. The zero-order valence-corrected chi connectivity index (χ0v) is 16.7. The molecule has 0 aliphatic rings. The van der Waals surface area contributed by atoms with E-state index in [-0.39, 0.29) is 18.2 Å². The number of carbonyl (C=O) groups is 1. The Morgan fingerprint density at radius 3 is 2.78 bits per heavy atom. The third-order valence-corrected chi connectivity index (χ3v) is 4.60. The molecule has 0 bridgehead atoms. The van der Waals surface area contributed by atoms with Crippen molar-refractivity contribution in [3.05, 3.63) is 71.7 Å². The second kappa shape index (κ2) is 8.17. The molecule has 3 heterocycles. The molecule has 0 atom stereocenters. The molecule has 8 nitrogen and oxygen atoms in total. The highest BCUT2D eigenvalue weighted by molar-refractivity contribution is 5.96. The fraction of sp³-hybridized carbons (Fsp3) is 0.143. The molecule has 3 N–H and O–H groups in total. The van der Waals surface area contributed by atoms with Crippen molar-refractivity contribution in [3.63, 3.8) is 0 Å². The number of nitrogens with one attached hydrogen (secondary N) is 1. The van der Waals surface area contributed by atoms with Crippen LogP contribution in [-0.2, 0) is 6.54 Å². The molecule has 4 rings (SSSR count). The van der Waals surface area contributed by atoms with Gasteiger partial charge in [-0.05, 0) is 48.4 Å². The minimum absolute atomic E-state index is 0.0164. The van der Waals surface area contributed by atoms with E-state index in [0.29, 0.717) is 28.0 Å². The smallest absolute Gasteiger partial charge is 0.406 e. The summed E-state index contributed by atoms with van der Waals surface area (Å²) in [7, 11) is 0. The van der Waals surface area contributed by atoms with Crippen LogP contribution in [0, 0.1) is 6.92 Å². The van der Waals surface area contributed by atoms with Crippen molar-refractivity contribution in [2.24, 2.45) is 0 Å². The van der Waals surface area contributed by atoms with Gasteiger partial charge in [-0.2, -0.15) is 4.98 Å². The molecule has 1 aromatic carbocycles. The maximum Gasteiger partial charge on any atom is 0.573 e. The van der Waals surface area contributed by atoms with Gasteiger partial charge in [0.2, 0.25) is 5.95 Å². The lowest BCUT2D eigenvalue weighted by atomic mass is 10.0. The van der Waals surface area contributed by atoms with E-state index in [2.05, 4.69) is 25.1 Å². The van der Waals surface area contributed by atoms with Crippen molar-refractivity contribution < 1.29 is 22.7 Å². The third kappa shape index (κ3) is 4.77. The van der Waals surface area contributed by atoms with Crippen LogP contribution in [0.4, 0.5) is 19.1 Å². The van der Waals surface area contributed by atoms with E-state index in [1.807, 2.05) is 0 Å². The minimum atomic E-state index is -4.79. The van der Waals surface area contributed by atoms with E-state index in [1.54, 1.807) is 43.6 Å². The van der Waals surface area contributed by atoms with Crippen molar-refractivity contribution >= 4 is 17.5 Å². The summed E-state index contributed by atoms with van der Waals surface area (Å²) in [6.07, 6.45) is -1.45. The number of aromatic nitrogens is 4. The number of aryl methyl sites for hydroxylation is 1. The number of fused-ring (bicyclic) bond motifs is 1. The summed E-state index contributed by atoms with van der Waals surface area (Å²) in [6, 6.07) is 10.7. The number of nitrogens with two attached hydrogens (primary N) is 1. The van der Waals surface area contributed by atoms with E-state index in [9.17, 15) is 18.0 Å². The molecule has 4 aromatic rings. The Labute approximate surface area is 179 Å². The minimum Gasteiger partial charge on any atom is -0.406 e. The van der Waals surface area contributed by atoms with Crippen LogP contribution in [0.1, 0.15) is 21.6 Å². The number of nitrogens with zero attached hydrogens (tertiary/aromatic N) is 4. The predicted molar refractivity (Wildman–Crippen MR) is 110 cm³/mol. The lowest BCUT2D eigenvalue weighted by Gasteiger charge is -2.12. The number of alkyl halides is 3. The Balaban J connectivity index is 1.52. The SMILES string of the molecule is Cc1ncc(-c2ccn3nc(N)nc3c2)cc1C(=O)NCc1cccc(OC(F)(F)F)c1. The topological polar surface area (TPSA) is 107 Å². The summed E-state index contributed by atoms with van der Waals surface area (Å²) in [6.45, 7) is 1.71. The van der Waals surface area contributed by atoms with Crippen molar-refractivity contribution in [1.29, 1.82) is 0 Å². The van der Waals surface area contributed by atoms with Crippen molar-refractivity contribution in [2.75, 3.05) is 5.73 Å². The first kappa shape index (κ1) is 21.1. The highest BCUT2D eigenvalue weighted by atomic mass is 19.4. The monoisotopic (exact) mass is 442 g/mol. The van der Waals surface area contributed by atoms with E-state index in [1.165, 1.54) is 22.7 Å². The number of ether oxygens (including phenoxy) is 1. The van der Waals surface area contributed by atoms with Crippen LogP contribution in [0.25, 0.3) is 16.8 Å². The van der Waals surface area contributed by atoms with Crippen molar-refractivity contribution in [1.82, 2.24) is 24.9 Å². The average Bonchev–Trinajstić information content (AvgIpc) is 3.10. The second-order valence-electron chi connectivity index (χ2n) is 6.92. The van der Waals surface area contributed by atoms with Crippen LogP contribution < -0.4 is 15.8 Å². The molecule has 0 spiro atoms. The molecule has 0 saturated carbocycles. The van der Waals surface area contributed by atoms with Gasteiger partial charge >= 0.3 is 6.36 Å². The number of rotatable bonds is 5. The molecule has 0 aliphatic carbocycles. The molecule has 0 unspecified atom stereocenters. The zero-order chi connectivity index (χ0) is 22.9. The van der Waals surface area contributed by atoms with Crippen LogP contribution in [0.2, 0.25) is 0 Å². The van der Waals surface area contributed by atoms with E-state index >= 15 is 0 Å². The van der Waals surface area contributed by atoms with Crippen LogP contribution in [0.15, 0.2) is 54.9 Å². The number of hydrogen-bond acceptors (Lipinski definition) is 6. The van der Waals surface area contributed by atoms with Gasteiger partial charge in [0.25, 0.3) is 5.91 Å². The van der Waals surface area contributed by atoms with Crippen molar-refractivity contribution in [2.45, 2.75) is 19.8 Å². The molecule has 164 valence electrons. The average molecular weight is 442 g/mol. The largest absolute Gasteiger partial charge is 0.573 e. The van der Waals surface area contributed by atoms with Gasteiger partial charge in [0.15, 0.2) is 5.65 Å². The first-order valence-corrected chi connectivity index (χ1v) is 9.40. The van der Waals surface area contributed by atoms with Gasteiger partial charge < -0.3 is 15.8 Å².